The lowest BCUT2D eigenvalue weighted by Gasteiger charge is -2.17. The molecule has 0 aliphatic carbocycles. The zero-order chi connectivity index (χ0) is 18.1. The Morgan fingerprint density at radius 1 is 0.923 bits per heavy atom. The van der Waals surface area contributed by atoms with Crippen LogP contribution in [0, 0.1) is 6.92 Å². The standard InChI is InChI=1S/C23H20N2O/c1-16-11-13-18(14-12-16)22(26)21(17-7-3-2-4-8-17)25-15-19-9-5-6-10-20(19)23(25)24/h2-14,21,24H,15H2,1H3/p+1/t21-/m0/s1. The molecule has 3 heteroatoms. The van der Waals surface area contributed by atoms with E-state index in [1.807, 2.05) is 84.3 Å². The Morgan fingerprint density at radius 2 is 1.58 bits per heavy atom. The van der Waals surface area contributed by atoms with Crippen molar-refractivity contribution in [1.29, 1.82) is 0 Å². The van der Waals surface area contributed by atoms with Gasteiger partial charge in [0.15, 0.2) is 6.04 Å². The van der Waals surface area contributed by atoms with Crippen molar-refractivity contribution in [3.8, 4) is 0 Å². The zero-order valence-corrected chi connectivity index (χ0v) is 14.7. The maximum atomic E-state index is 13.4. The van der Waals surface area contributed by atoms with Crippen molar-refractivity contribution >= 4 is 11.6 Å². The highest BCUT2D eigenvalue weighted by Crippen LogP contribution is 2.28. The molecule has 3 aromatic carbocycles. The largest absolute Gasteiger partial charge is 0.289 e. The highest BCUT2D eigenvalue weighted by atomic mass is 16.1. The minimum Gasteiger partial charge on any atom is -0.289 e. The summed E-state index contributed by atoms with van der Waals surface area (Å²) in [4.78, 5) is 13.4. The van der Waals surface area contributed by atoms with Gasteiger partial charge in [0, 0.05) is 16.7 Å². The van der Waals surface area contributed by atoms with Gasteiger partial charge < -0.3 is 0 Å². The number of fused-ring (bicyclic) bond motifs is 1. The van der Waals surface area contributed by atoms with Crippen molar-refractivity contribution in [2.75, 3.05) is 0 Å². The third-order valence-electron chi connectivity index (χ3n) is 4.95. The van der Waals surface area contributed by atoms with Crippen LogP contribution in [0.1, 0.15) is 38.7 Å². The third-order valence-corrected chi connectivity index (χ3v) is 4.95. The fourth-order valence-corrected chi connectivity index (χ4v) is 3.55. The van der Waals surface area contributed by atoms with E-state index >= 15 is 0 Å². The summed E-state index contributed by atoms with van der Waals surface area (Å²) in [6.07, 6.45) is 0. The fourth-order valence-electron chi connectivity index (χ4n) is 3.55. The van der Waals surface area contributed by atoms with Crippen LogP contribution in [-0.2, 0) is 6.54 Å². The molecule has 0 bridgehead atoms. The number of carbonyl (C=O) groups excluding carboxylic acids is 1. The van der Waals surface area contributed by atoms with Crippen molar-refractivity contribution in [2.24, 2.45) is 5.73 Å². The molecule has 0 spiro atoms. The first-order valence-corrected chi connectivity index (χ1v) is 8.78. The number of hydrogen-bond donors (Lipinski definition) is 1. The van der Waals surface area contributed by atoms with E-state index < -0.39 is 6.04 Å². The number of benzene rings is 3. The molecule has 1 atom stereocenters. The number of nitrogens with zero attached hydrogens (tertiary/aromatic N) is 1. The van der Waals surface area contributed by atoms with E-state index in [1.54, 1.807) is 0 Å². The monoisotopic (exact) mass is 341 g/mol. The highest BCUT2D eigenvalue weighted by Gasteiger charge is 2.35. The number of aryl methyl sites for hydroxylation is 1. The Kier molecular flexibility index (Phi) is 4.13. The van der Waals surface area contributed by atoms with Gasteiger partial charge in [-0.25, -0.2) is 4.58 Å². The quantitative estimate of drug-likeness (QED) is 0.579. The van der Waals surface area contributed by atoms with Crippen molar-refractivity contribution in [3.05, 3.63) is 107 Å². The molecule has 3 aromatic rings. The topological polar surface area (TPSA) is 46.1 Å². The SMILES string of the molecule is Cc1ccc(C(=O)[C@H](c2ccccc2)[N+]2=C(N)c3ccccc3C2)cc1. The van der Waals surface area contributed by atoms with Crippen molar-refractivity contribution in [3.63, 3.8) is 0 Å². The summed E-state index contributed by atoms with van der Waals surface area (Å²) in [5.74, 6) is 0.724. The predicted octanol–water partition coefficient (Wildman–Crippen LogP) is 3.85. The Hall–Kier alpha value is -3.20. The van der Waals surface area contributed by atoms with E-state index in [0.29, 0.717) is 17.9 Å². The summed E-state index contributed by atoms with van der Waals surface area (Å²) in [6, 6.07) is 25.2. The summed E-state index contributed by atoms with van der Waals surface area (Å²) in [6.45, 7) is 2.66. The van der Waals surface area contributed by atoms with Crippen LogP contribution in [0.5, 0.6) is 0 Å². The van der Waals surface area contributed by atoms with Crippen molar-refractivity contribution in [1.82, 2.24) is 0 Å². The van der Waals surface area contributed by atoms with E-state index in [4.69, 9.17) is 5.73 Å². The van der Waals surface area contributed by atoms with E-state index in [9.17, 15) is 4.79 Å². The van der Waals surface area contributed by atoms with Crippen LogP contribution >= 0.6 is 0 Å². The number of ketones is 1. The van der Waals surface area contributed by atoms with Gasteiger partial charge in [0.2, 0.25) is 5.78 Å². The van der Waals surface area contributed by atoms with Gasteiger partial charge in [-0.2, -0.15) is 0 Å². The Balaban J connectivity index is 1.82. The lowest BCUT2D eigenvalue weighted by atomic mass is 9.96. The number of Topliss-reactive ketones (excluding diaryl/α,β-unsaturated/α-hetero) is 1. The second-order valence-corrected chi connectivity index (χ2v) is 6.71. The Morgan fingerprint density at radius 3 is 2.27 bits per heavy atom. The smallest absolute Gasteiger partial charge is 0.276 e. The molecule has 1 heterocycles. The fraction of sp³-hybridized carbons (Fsp3) is 0.130. The molecular formula is C23H21N2O+. The number of carbonyl (C=O) groups is 1. The van der Waals surface area contributed by atoms with Gasteiger partial charge in [0.25, 0.3) is 5.84 Å². The van der Waals surface area contributed by atoms with Crippen LogP contribution in [0.25, 0.3) is 0 Å². The summed E-state index contributed by atoms with van der Waals surface area (Å²) in [5.41, 5.74) is 11.4. The van der Waals surface area contributed by atoms with E-state index in [0.717, 1.165) is 22.3 Å². The zero-order valence-electron chi connectivity index (χ0n) is 14.7. The molecular weight excluding hydrogens is 320 g/mol. The first-order chi connectivity index (χ1) is 12.6. The normalized spacial score (nSPS) is 14.2. The minimum absolute atomic E-state index is 0.0620. The average Bonchev–Trinajstić information content (AvgIpc) is 3.00. The number of hydrogen-bond acceptors (Lipinski definition) is 2. The van der Waals surface area contributed by atoms with Crippen LogP contribution < -0.4 is 5.73 Å². The van der Waals surface area contributed by atoms with E-state index in [2.05, 4.69) is 6.07 Å². The highest BCUT2D eigenvalue weighted by molar-refractivity contribution is 6.02. The molecule has 0 fully saturated rings. The van der Waals surface area contributed by atoms with Gasteiger partial charge in [-0.3, -0.25) is 10.5 Å². The number of amidine groups is 1. The second kappa shape index (κ2) is 6.60. The van der Waals surface area contributed by atoms with Crippen LogP contribution in [-0.4, -0.2) is 16.2 Å². The minimum atomic E-state index is -0.439. The maximum Gasteiger partial charge on any atom is 0.276 e. The van der Waals surface area contributed by atoms with Gasteiger partial charge in [-0.05, 0) is 13.0 Å². The molecule has 0 saturated heterocycles. The molecule has 26 heavy (non-hydrogen) atoms. The predicted molar refractivity (Wildman–Crippen MR) is 103 cm³/mol. The molecule has 3 nitrogen and oxygen atoms in total. The van der Waals surface area contributed by atoms with Gasteiger partial charge in [0.1, 0.15) is 6.54 Å². The Bertz CT molecular complexity index is 988. The van der Waals surface area contributed by atoms with Gasteiger partial charge in [0.05, 0.1) is 5.56 Å². The van der Waals surface area contributed by atoms with Gasteiger partial charge in [-0.15, -0.1) is 0 Å². The summed E-state index contributed by atoms with van der Waals surface area (Å²) < 4.78 is 2.02. The molecule has 0 radical (unpaired) electrons. The third kappa shape index (κ3) is 2.82. The molecule has 1 aliphatic heterocycles. The van der Waals surface area contributed by atoms with Gasteiger partial charge in [-0.1, -0.05) is 78.4 Å². The molecule has 4 rings (SSSR count). The van der Waals surface area contributed by atoms with Crippen LogP contribution in [0.15, 0.2) is 78.9 Å². The summed E-state index contributed by atoms with van der Waals surface area (Å²) in [5, 5.41) is 0. The van der Waals surface area contributed by atoms with E-state index in [-0.39, 0.29) is 5.78 Å². The molecule has 0 saturated carbocycles. The van der Waals surface area contributed by atoms with Crippen molar-refractivity contribution in [2.45, 2.75) is 19.5 Å². The first kappa shape index (κ1) is 16.3. The number of nitrogens with two attached hydrogens (primary N) is 1. The lowest BCUT2D eigenvalue weighted by Crippen LogP contribution is -2.31. The molecule has 128 valence electrons. The molecule has 2 N–H and O–H groups in total. The molecule has 1 aliphatic rings. The first-order valence-electron chi connectivity index (χ1n) is 8.78. The van der Waals surface area contributed by atoms with E-state index in [1.165, 1.54) is 0 Å². The molecule has 0 unspecified atom stereocenters. The van der Waals surface area contributed by atoms with Crippen molar-refractivity contribution < 1.29 is 9.37 Å². The molecule has 0 amide bonds. The lowest BCUT2D eigenvalue weighted by molar-refractivity contribution is -0.568. The Labute approximate surface area is 153 Å². The van der Waals surface area contributed by atoms with Crippen LogP contribution in [0.4, 0.5) is 0 Å². The summed E-state index contributed by atoms with van der Waals surface area (Å²) >= 11 is 0. The number of rotatable bonds is 4. The summed E-state index contributed by atoms with van der Waals surface area (Å²) in [7, 11) is 0. The average molecular weight is 341 g/mol. The van der Waals surface area contributed by atoms with Crippen LogP contribution in [0.2, 0.25) is 0 Å². The van der Waals surface area contributed by atoms with Crippen LogP contribution in [0.3, 0.4) is 0 Å². The maximum absolute atomic E-state index is 13.4. The van der Waals surface area contributed by atoms with Gasteiger partial charge >= 0.3 is 0 Å². The molecule has 0 aromatic heterocycles. The second-order valence-electron chi connectivity index (χ2n) is 6.71.